The normalized spacial score (nSPS) is 13.5. The number of carboxylic acid groups (broad SMARTS) is 1. The number of carbonyl (C=O) groups is 1. The SMILES string of the molecule is COC(C(=O)O)C(C)(C)c1cccnc1Cl. The Morgan fingerprint density at radius 3 is 2.69 bits per heavy atom. The molecule has 1 aromatic rings. The predicted molar refractivity (Wildman–Crippen MR) is 60.7 cm³/mol. The molecule has 0 fully saturated rings. The van der Waals surface area contributed by atoms with Crippen LogP contribution in [-0.2, 0) is 14.9 Å². The van der Waals surface area contributed by atoms with E-state index in [9.17, 15) is 4.79 Å². The van der Waals surface area contributed by atoms with Crippen LogP contribution in [0.3, 0.4) is 0 Å². The van der Waals surface area contributed by atoms with Crippen LogP contribution in [0.2, 0.25) is 5.15 Å². The number of nitrogens with zero attached hydrogens (tertiary/aromatic N) is 1. The number of methoxy groups -OCH3 is 1. The van der Waals surface area contributed by atoms with E-state index < -0.39 is 17.5 Å². The van der Waals surface area contributed by atoms with Crippen molar-refractivity contribution in [1.82, 2.24) is 4.98 Å². The summed E-state index contributed by atoms with van der Waals surface area (Å²) in [6.07, 6.45) is 0.596. The molecule has 4 nitrogen and oxygen atoms in total. The molecule has 0 saturated carbocycles. The number of rotatable bonds is 4. The highest BCUT2D eigenvalue weighted by Crippen LogP contribution is 2.32. The standard InChI is InChI=1S/C11H14ClNO3/c1-11(2,8(16-3)10(14)15)7-5-4-6-13-9(7)12/h4-6,8H,1-3H3,(H,14,15). The van der Waals surface area contributed by atoms with Crippen LogP contribution in [0.25, 0.3) is 0 Å². The first-order valence-electron chi connectivity index (χ1n) is 4.78. The Labute approximate surface area is 99.2 Å². The van der Waals surface area contributed by atoms with Gasteiger partial charge in [0.05, 0.1) is 0 Å². The predicted octanol–water partition coefficient (Wildman–Crippen LogP) is 2.11. The first-order chi connectivity index (χ1) is 7.41. The van der Waals surface area contributed by atoms with E-state index >= 15 is 0 Å². The fourth-order valence-electron chi connectivity index (χ4n) is 1.71. The largest absolute Gasteiger partial charge is 0.479 e. The molecular formula is C11H14ClNO3. The van der Waals surface area contributed by atoms with E-state index in [1.807, 2.05) is 0 Å². The third kappa shape index (κ3) is 2.33. The lowest BCUT2D eigenvalue weighted by Gasteiger charge is -2.30. The van der Waals surface area contributed by atoms with Gasteiger partial charge in [0.2, 0.25) is 0 Å². The highest BCUT2D eigenvalue weighted by atomic mass is 35.5. The number of hydrogen-bond acceptors (Lipinski definition) is 3. The van der Waals surface area contributed by atoms with Crippen LogP contribution in [0, 0.1) is 0 Å². The maximum Gasteiger partial charge on any atom is 0.333 e. The van der Waals surface area contributed by atoms with Crippen LogP contribution >= 0.6 is 11.6 Å². The fraction of sp³-hybridized carbons (Fsp3) is 0.455. The van der Waals surface area contributed by atoms with E-state index in [4.69, 9.17) is 21.4 Å². The average molecular weight is 244 g/mol. The molecule has 1 N–H and O–H groups in total. The van der Waals surface area contributed by atoms with Gasteiger partial charge >= 0.3 is 5.97 Å². The summed E-state index contributed by atoms with van der Waals surface area (Å²) in [6.45, 7) is 3.52. The minimum Gasteiger partial charge on any atom is -0.479 e. The zero-order chi connectivity index (χ0) is 12.3. The number of pyridine rings is 1. The third-order valence-corrected chi connectivity index (χ3v) is 2.87. The molecule has 1 heterocycles. The Bertz CT molecular complexity index is 393. The average Bonchev–Trinajstić information content (AvgIpc) is 2.17. The van der Waals surface area contributed by atoms with Crippen molar-refractivity contribution in [1.29, 1.82) is 0 Å². The maximum absolute atomic E-state index is 11.1. The Morgan fingerprint density at radius 2 is 2.25 bits per heavy atom. The van der Waals surface area contributed by atoms with E-state index in [1.54, 1.807) is 32.2 Å². The molecule has 0 amide bonds. The summed E-state index contributed by atoms with van der Waals surface area (Å²) in [4.78, 5) is 15.0. The molecule has 0 aromatic carbocycles. The van der Waals surface area contributed by atoms with E-state index in [0.29, 0.717) is 10.7 Å². The molecule has 5 heteroatoms. The van der Waals surface area contributed by atoms with Gasteiger partial charge in [-0.25, -0.2) is 9.78 Å². The number of halogens is 1. The van der Waals surface area contributed by atoms with Crippen LogP contribution in [0.4, 0.5) is 0 Å². The van der Waals surface area contributed by atoms with Crippen molar-refractivity contribution >= 4 is 17.6 Å². The van der Waals surface area contributed by atoms with Gasteiger partial charge in [-0.2, -0.15) is 0 Å². The van der Waals surface area contributed by atoms with Crippen molar-refractivity contribution in [3.05, 3.63) is 29.0 Å². The van der Waals surface area contributed by atoms with Crippen molar-refractivity contribution < 1.29 is 14.6 Å². The smallest absolute Gasteiger partial charge is 0.333 e. The summed E-state index contributed by atoms with van der Waals surface area (Å²) < 4.78 is 5.00. The van der Waals surface area contributed by atoms with Gasteiger partial charge in [0.25, 0.3) is 0 Å². The van der Waals surface area contributed by atoms with E-state index in [2.05, 4.69) is 4.98 Å². The minimum atomic E-state index is -1.02. The summed E-state index contributed by atoms with van der Waals surface area (Å²) in [5.41, 5.74) is -0.0859. The molecule has 0 saturated heterocycles. The van der Waals surface area contributed by atoms with Crippen LogP contribution in [0.15, 0.2) is 18.3 Å². The zero-order valence-electron chi connectivity index (χ0n) is 9.40. The lowest BCUT2D eigenvalue weighted by Crippen LogP contribution is -2.41. The Hall–Kier alpha value is -1.13. The summed E-state index contributed by atoms with van der Waals surface area (Å²) >= 11 is 5.95. The second-order valence-corrected chi connectivity index (χ2v) is 4.38. The van der Waals surface area contributed by atoms with Crippen molar-refractivity contribution in [2.24, 2.45) is 0 Å². The monoisotopic (exact) mass is 243 g/mol. The molecule has 0 aliphatic heterocycles. The summed E-state index contributed by atoms with van der Waals surface area (Å²) in [5, 5.41) is 9.37. The second-order valence-electron chi connectivity index (χ2n) is 4.02. The van der Waals surface area contributed by atoms with E-state index in [0.717, 1.165) is 0 Å². The van der Waals surface area contributed by atoms with Crippen LogP contribution in [0.1, 0.15) is 19.4 Å². The molecule has 0 bridgehead atoms. The van der Waals surface area contributed by atoms with Crippen LogP contribution in [-0.4, -0.2) is 29.3 Å². The van der Waals surface area contributed by atoms with E-state index in [1.165, 1.54) is 7.11 Å². The molecule has 1 atom stereocenters. The number of aliphatic carboxylic acids is 1. The first kappa shape index (κ1) is 12.9. The van der Waals surface area contributed by atoms with Crippen molar-refractivity contribution in [3.63, 3.8) is 0 Å². The fourth-order valence-corrected chi connectivity index (χ4v) is 2.07. The second kappa shape index (κ2) is 4.80. The molecule has 1 unspecified atom stereocenters. The minimum absolute atomic E-state index is 0.302. The molecule has 0 aliphatic rings. The van der Waals surface area contributed by atoms with Gasteiger partial charge in [-0.1, -0.05) is 31.5 Å². The quantitative estimate of drug-likeness (QED) is 0.823. The summed E-state index contributed by atoms with van der Waals surface area (Å²) in [6, 6.07) is 3.47. The lowest BCUT2D eigenvalue weighted by atomic mass is 9.80. The molecule has 0 spiro atoms. The van der Waals surface area contributed by atoms with Crippen molar-refractivity contribution in [3.8, 4) is 0 Å². The number of ether oxygens (including phenoxy) is 1. The number of aromatic nitrogens is 1. The molecule has 0 radical (unpaired) electrons. The molecule has 88 valence electrons. The number of hydrogen-bond donors (Lipinski definition) is 1. The van der Waals surface area contributed by atoms with Crippen LogP contribution in [0.5, 0.6) is 0 Å². The first-order valence-corrected chi connectivity index (χ1v) is 5.15. The maximum atomic E-state index is 11.1. The van der Waals surface area contributed by atoms with Crippen molar-refractivity contribution in [2.75, 3.05) is 7.11 Å². The van der Waals surface area contributed by atoms with Crippen molar-refractivity contribution in [2.45, 2.75) is 25.4 Å². The Morgan fingerprint density at radius 1 is 1.62 bits per heavy atom. The summed E-state index contributed by atoms with van der Waals surface area (Å²) in [7, 11) is 1.37. The third-order valence-electron chi connectivity index (χ3n) is 2.57. The molecule has 0 aliphatic carbocycles. The topological polar surface area (TPSA) is 59.4 Å². The zero-order valence-corrected chi connectivity index (χ0v) is 10.2. The molecule has 1 aromatic heterocycles. The molecular weight excluding hydrogens is 230 g/mol. The highest BCUT2D eigenvalue weighted by molar-refractivity contribution is 6.30. The van der Waals surface area contributed by atoms with Gasteiger partial charge < -0.3 is 9.84 Å². The Balaban J connectivity index is 3.19. The summed E-state index contributed by atoms with van der Waals surface area (Å²) in [5.74, 6) is -1.02. The van der Waals surface area contributed by atoms with Gasteiger partial charge in [0.15, 0.2) is 6.10 Å². The highest BCUT2D eigenvalue weighted by Gasteiger charge is 2.38. The molecule has 16 heavy (non-hydrogen) atoms. The lowest BCUT2D eigenvalue weighted by molar-refractivity contribution is -0.152. The number of carboxylic acids is 1. The van der Waals surface area contributed by atoms with Gasteiger partial charge in [-0.15, -0.1) is 0 Å². The van der Waals surface area contributed by atoms with E-state index in [-0.39, 0.29) is 0 Å². The van der Waals surface area contributed by atoms with Gasteiger partial charge in [-0.05, 0) is 11.6 Å². The van der Waals surface area contributed by atoms with Gasteiger partial charge in [0, 0.05) is 18.7 Å². The Kier molecular flexibility index (Phi) is 3.88. The van der Waals surface area contributed by atoms with Gasteiger partial charge in [-0.3, -0.25) is 0 Å². The van der Waals surface area contributed by atoms with Crippen LogP contribution < -0.4 is 0 Å². The van der Waals surface area contributed by atoms with Gasteiger partial charge in [0.1, 0.15) is 5.15 Å². The molecule has 1 rings (SSSR count).